The molecule has 3 rings (SSSR count). The van der Waals surface area contributed by atoms with Crippen LogP contribution in [0.3, 0.4) is 0 Å². The van der Waals surface area contributed by atoms with Crippen molar-refractivity contribution in [2.24, 2.45) is 0 Å². The average molecular weight is 381 g/mol. The summed E-state index contributed by atoms with van der Waals surface area (Å²) in [6.45, 7) is 0.348. The summed E-state index contributed by atoms with van der Waals surface area (Å²) >= 11 is 1.39. The van der Waals surface area contributed by atoms with Crippen LogP contribution in [0.2, 0.25) is 0 Å². The second kappa shape index (κ2) is 9.05. The molecule has 1 aromatic heterocycles. The molecule has 1 amide bonds. The number of aromatic nitrogens is 2. The Hall–Kier alpha value is -3.06. The van der Waals surface area contributed by atoms with E-state index in [1.807, 2.05) is 60.7 Å². The standard InChI is InChI=1S/C20H19N3O3S/c24-18-13-17(21-19(25)14-27-16-9-5-2-6-10-16)23(20(26)22-18)12-11-15-7-3-1-4-8-15/h1-10,13H,11-12,14H2,(H,21,25)(H,22,24,26). The molecule has 27 heavy (non-hydrogen) atoms. The number of nitrogens with one attached hydrogen (secondary N) is 2. The van der Waals surface area contributed by atoms with Gasteiger partial charge in [-0.25, -0.2) is 4.79 Å². The van der Waals surface area contributed by atoms with Crippen LogP contribution in [-0.4, -0.2) is 21.2 Å². The summed E-state index contributed by atoms with van der Waals surface area (Å²) in [7, 11) is 0. The maximum Gasteiger partial charge on any atom is 0.329 e. The molecule has 0 radical (unpaired) electrons. The minimum atomic E-state index is -0.540. The summed E-state index contributed by atoms with van der Waals surface area (Å²) in [6, 6.07) is 20.5. The highest BCUT2D eigenvalue weighted by molar-refractivity contribution is 8.00. The van der Waals surface area contributed by atoms with E-state index in [1.165, 1.54) is 22.4 Å². The van der Waals surface area contributed by atoms with Crippen LogP contribution in [-0.2, 0) is 17.8 Å². The first-order chi connectivity index (χ1) is 13.1. The number of carbonyl (C=O) groups excluding carboxylic acids is 1. The molecule has 6 nitrogen and oxygen atoms in total. The number of carbonyl (C=O) groups is 1. The first-order valence-electron chi connectivity index (χ1n) is 8.47. The molecule has 0 atom stereocenters. The number of aromatic amines is 1. The summed E-state index contributed by atoms with van der Waals surface area (Å²) < 4.78 is 1.37. The maximum absolute atomic E-state index is 12.3. The van der Waals surface area contributed by atoms with Crippen LogP contribution in [0.5, 0.6) is 0 Å². The van der Waals surface area contributed by atoms with E-state index in [4.69, 9.17) is 0 Å². The highest BCUT2D eigenvalue weighted by atomic mass is 32.2. The molecule has 1 heterocycles. The van der Waals surface area contributed by atoms with Gasteiger partial charge in [-0.2, -0.15) is 0 Å². The van der Waals surface area contributed by atoms with Crippen molar-refractivity contribution in [3.63, 3.8) is 0 Å². The SMILES string of the molecule is O=C(CSc1ccccc1)Nc1cc(=O)[nH]c(=O)n1CCc1ccccc1. The smallest absolute Gasteiger partial charge is 0.311 e. The van der Waals surface area contributed by atoms with Crippen molar-refractivity contribution >= 4 is 23.5 Å². The third-order valence-corrected chi connectivity index (χ3v) is 4.89. The van der Waals surface area contributed by atoms with Crippen molar-refractivity contribution in [2.75, 3.05) is 11.1 Å². The van der Waals surface area contributed by atoms with Gasteiger partial charge in [0, 0.05) is 17.5 Å². The van der Waals surface area contributed by atoms with E-state index in [0.29, 0.717) is 13.0 Å². The Morgan fingerprint density at radius 1 is 1.00 bits per heavy atom. The highest BCUT2D eigenvalue weighted by Crippen LogP contribution is 2.17. The molecule has 0 aliphatic carbocycles. The number of thioether (sulfide) groups is 1. The zero-order chi connectivity index (χ0) is 19.1. The van der Waals surface area contributed by atoms with Crippen LogP contribution in [0, 0.1) is 0 Å². The van der Waals surface area contributed by atoms with Gasteiger partial charge in [0.25, 0.3) is 5.56 Å². The summed E-state index contributed by atoms with van der Waals surface area (Å²) in [5, 5.41) is 2.68. The van der Waals surface area contributed by atoms with Gasteiger partial charge < -0.3 is 5.32 Å². The number of H-pyrrole nitrogens is 1. The third kappa shape index (κ3) is 5.46. The summed E-state index contributed by atoms with van der Waals surface area (Å²) in [6.07, 6.45) is 0.606. The lowest BCUT2D eigenvalue weighted by Gasteiger charge is -2.13. The molecule has 3 aromatic rings. The van der Waals surface area contributed by atoms with E-state index in [1.54, 1.807) is 0 Å². The van der Waals surface area contributed by atoms with Crippen LogP contribution in [0.25, 0.3) is 0 Å². The fraction of sp³-hybridized carbons (Fsp3) is 0.150. The van der Waals surface area contributed by atoms with Crippen LogP contribution >= 0.6 is 11.8 Å². The van der Waals surface area contributed by atoms with Gasteiger partial charge in [-0.3, -0.25) is 19.1 Å². The number of rotatable bonds is 7. The second-order valence-electron chi connectivity index (χ2n) is 5.86. The number of anilines is 1. The molecular formula is C20H19N3O3S. The molecule has 0 fully saturated rings. The molecule has 0 aliphatic rings. The minimum absolute atomic E-state index is 0.184. The third-order valence-electron chi connectivity index (χ3n) is 3.88. The maximum atomic E-state index is 12.3. The number of hydrogen-bond donors (Lipinski definition) is 2. The van der Waals surface area contributed by atoms with E-state index < -0.39 is 11.2 Å². The summed E-state index contributed by atoms with van der Waals surface area (Å²) in [4.78, 5) is 39.4. The Balaban J connectivity index is 1.70. The fourth-order valence-corrected chi connectivity index (χ4v) is 3.30. The molecule has 7 heteroatoms. The highest BCUT2D eigenvalue weighted by Gasteiger charge is 2.10. The molecule has 0 saturated heterocycles. The summed E-state index contributed by atoms with van der Waals surface area (Å²) in [5.74, 6) is 0.115. The van der Waals surface area contributed by atoms with E-state index in [2.05, 4.69) is 10.3 Å². The predicted octanol–water partition coefficient (Wildman–Crippen LogP) is 2.51. The minimum Gasteiger partial charge on any atom is -0.311 e. The van der Waals surface area contributed by atoms with Gasteiger partial charge >= 0.3 is 5.69 Å². The number of hydrogen-bond acceptors (Lipinski definition) is 4. The largest absolute Gasteiger partial charge is 0.329 e. The Labute approximate surface area is 160 Å². The van der Waals surface area contributed by atoms with Gasteiger partial charge in [0.15, 0.2) is 0 Å². The number of amides is 1. The Bertz CT molecular complexity index is 1010. The van der Waals surface area contributed by atoms with Crippen LogP contribution in [0.15, 0.2) is 81.2 Å². The van der Waals surface area contributed by atoms with Gasteiger partial charge in [0.05, 0.1) is 5.75 Å². The molecular weight excluding hydrogens is 362 g/mol. The van der Waals surface area contributed by atoms with E-state index in [9.17, 15) is 14.4 Å². The van der Waals surface area contributed by atoms with E-state index >= 15 is 0 Å². The Morgan fingerprint density at radius 3 is 2.37 bits per heavy atom. The van der Waals surface area contributed by atoms with Crippen LogP contribution in [0.4, 0.5) is 5.82 Å². The van der Waals surface area contributed by atoms with Crippen molar-refractivity contribution in [3.05, 3.63) is 93.1 Å². The molecule has 0 bridgehead atoms. The lowest BCUT2D eigenvalue weighted by Crippen LogP contribution is -2.33. The molecule has 0 saturated carbocycles. The lowest BCUT2D eigenvalue weighted by atomic mass is 10.1. The van der Waals surface area contributed by atoms with Gasteiger partial charge in [-0.15, -0.1) is 11.8 Å². The summed E-state index contributed by atoms with van der Waals surface area (Å²) in [5.41, 5.74) is -0.0149. The van der Waals surface area contributed by atoms with E-state index in [0.717, 1.165) is 10.5 Å². The monoisotopic (exact) mass is 381 g/mol. The fourth-order valence-electron chi connectivity index (χ4n) is 2.58. The van der Waals surface area contributed by atoms with Crippen molar-refractivity contribution < 1.29 is 4.79 Å². The normalized spacial score (nSPS) is 10.5. The first-order valence-corrected chi connectivity index (χ1v) is 9.46. The van der Waals surface area contributed by atoms with Crippen LogP contribution in [0.1, 0.15) is 5.56 Å². The van der Waals surface area contributed by atoms with Crippen molar-refractivity contribution in [2.45, 2.75) is 17.9 Å². The molecule has 0 aliphatic heterocycles. The first kappa shape index (κ1) is 18.7. The van der Waals surface area contributed by atoms with Gasteiger partial charge in [0.2, 0.25) is 5.91 Å². The second-order valence-corrected chi connectivity index (χ2v) is 6.91. The molecule has 138 valence electrons. The van der Waals surface area contributed by atoms with Crippen molar-refractivity contribution in [1.82, 2.24) is 9.55 Å². The average Bonchev–Trinajstić information content (AvgIpc) is 2.67. The molecule has 2 aromatic carbocycles. The number of benzene rings is 2. The Kier molecular flexibility index (Phi) is 6.27. The predicted molar refractivity (Wildman–Crippen MR) is 107 cm³/mol. The quantitative estimate of drug-likeness (QED) is 0.616. The zero-order valence-corrected chi connectivity index (χ0v) is 15.4. The number of aryl methyl sites for hydroxylation is 1. The lowest BCUT2D eigenvalue weighted by molar-refractivity contribution is -0.113. The van der Waals surface area contributed by atoms with Crippen LogP contribution < -0.4 is 16.6 Å². The zero-order valence-electron chi connectivity index (χ0n) is 14.6. The van der Waals surface area contributed by atoms with E-state index in [-0.39, 0.29) is 17.5 Å². The molecule has 0 unspecified atom stereocenters. The van der Waals surface area contributed by atoms with Gasteiger partial charge in [-0.05, 0) is 24.1 Å². The molecule has 0 spiro atoms. The van der Waals surface area contributed by atoms with Crippen molar-refractivity contribution in [3.8, 4) is 0 Å². The van der Waals surface area contributed by atoms with Crippen molar-refractivity contribution in [1.29, 1.82) is 0 Å². The van der Waals surface area contributed by atoms with Gasteiger partial charge in [-0.1, -0.05) is 48.5 Å². The number of nitrogens with zero attached hydrogens (tertiary/aromatic N) is 1. The topological polar surface area (TPSA) is 84.0 Å². The van der Waals surface area contributed by atoms with Gasteiger partial charge in [0.1, 0.15) is 5.82 Å². The Morgan fingerprint density at radius 2 is 1.67 bits per heavy atom. The molecule has 2 N–H and O–H groups in total.